The van der Waals surface area contributed by atoms with Gasteiger partial charge in [-0.2, -0.15) is 0 Å². The SMILES string of the molecule is CSc1cccc2sc(N(Cc3cccnc3)C(=O)c3ccc(S(=O)(=O)N(C)c4ccccc4)cc3)nc12. The maximum Gasteiger partial charge on any atom is 0.264 e. The minimum Gasteiger partial charge on any atom is -0.279 e. The Morgan fingerprint density at radius 1 is 0.947 bits per heavy atom. The molecule has 0 saturated carbocycles. The van der Waals surface area contributed by atoms with Crippen molar-refractivity contribution in [1.82, 2.24) is 9.97 Å². The van der Waals surface area contributed by atoms with Crippen LogP contribution in [0.1, 0.15) is 15.9 Å². The van der Waals surface area contributed by atoms with E-state index in [1.54, 1.807) is 65.5 Å². The number of aromatic nitrogens is 2. The first-order valence-corrected chi connectivity index (χ1v) is 15.1. The number of sulfonamides is 1. The maximum absolute atomic E-state index is 13.8. The highest BCUT2D eigenvalue weighted by atomic mass is 32.2. The highest BCUT2D eigenvalue weighted by molar-refractivity contribution is 7.98. The third kappa shape index (κ3) is 5.15. The van der Waals surface area contributed by atoms with Crippen LogP contribution in [0.25, 0.3) is 10.2 Å². The number of hydrogen-bond donors (Lipinski definition) is 0. The Morgan fingerprint density at radius 2 is 1.71 bits per heavy atom. The van der Waals surface area contributed by atoms with Gasteiger partial charge in [-0.15, -0.1) is 11.8 Å². The largest absolute Gasteiger partial charge is 0.279 e. The molecule has 1 amide bonds. The normalized spacial score (nSPS) is 11.4. The number of carbonyl (C=O) groups is 1. The number of amides is 1. The van der Waals surface area contributed by atoms with Crippen molar-refractivity contribution in [3.05, 3.63) is 108 Å². The summed E-state index contributed by atoms with van der Waals surface area (Å²) < 4.78 is 28.6. The Hall–Kier alpha value is -3.73. The maximum atomic E-state index is 13.8. The molecule has 0 saturated heterocycles. The number of nitrogens with zero attached hydrogens (tertiary/aromatic N) is 4. The predicted octanol–water partition coefficient (Wildman–Crippen LogP) is 6.09. The summed E-state index contributed by atoms with van der Waals surface area (Å²) in [5.74, 6) is -0.279. The van der Waals surface area contributed by atoms with Crippen molar-refractivity contribution in [2.75, 3.05) is 22.5 Å². The van der Waals surface area contributed by atoms with E-state index in [0.29, 0.717) is 16.4 Å². The third-order valence-corrected chi connectivity index (χ3v) is 9.62. The van der Waals surface area contributed by atoms with Crippen LogP contribution >= 0.6 is 23.1 Å². The molecule has 0 N–H and O–H groups in total. The number of para-hydroxylation sites is 2. The molecule has 2 heterocycles. The number of fused-ring (bicyclic) bond motifs is 1. The van der Waals surface area contributed by atoms with E-state index in [1.807, 2.05) is 42.7 Å². The topological polar surface area (TPSA) is 83.5 Å². The molecule has 5 rings (SSSR count). The Bertz CT molecular complexity index is 1670. The van der Waals surface area contributed by atoms with E-state index in [2.05, 4.69) is 4.98 Å². The molecule has 0 aliphatic heterocycles. The molecule has 0 bridgehead atoms. The lowest BCUT2D eigenvalue weighted by atomic mass is 10.2. The molecule has 0 atom stereocenters. The Kier molecular flexibility index (Phi) is 7.46. The summed E-state index contributed by atoms with van der Waals surface area (Å²) in [6.45, 7) is 0.276. The number of pyridine rings is 1. The zero-order chi connectivity index (χ0) is 26.7. The summed E-state index contributed by atoms with van der Waals surface area (Å²) >= 11 is 3.05. The van der Waals surface area contributed by atoms with Gasteiger partial charge in [0, 0.05) is 29.9 Å². The van der Waals surface area contributed by atoms with Crippen LogP contribution in [-0.4, -0.2) is 37.6 Å². The van der Waals surface area contributed by atoms with E-state index < -0.39 is 10.0 Å². The number of rotatable bonds is 8. The monoisotopic (exact) mass is 560 g/mol. The Morgan fingerprint density at radius 3 is 2.39 bits per heavy atom. The molecule has 3 aromatic carbocycles. The van der Waals surface area contributed by atoms with Crippen molar-refractivity contribution in [2.24, 2.45) is 0 Å². The van der Waals surface area contributed by atoms with Crippen molar-refractivity contribution >= 4 is 60.1 Å². The molecule has 0 aliphatic carbocycles. The molecule has 7 nitrogen and oxygen atoms in total. The van der Waals surface area contributed by atoms with Gasteiger partial charge in [0.1, 0.15) is 0 Å². The lowest BCUT2D eigenvalue weighted by molar-refractivity contribution is 0.0985. The van der Waals surface area contributed by atoms with Gasteiger partial charge < -0.3 is 0 Å². The smallest absolute Gasteiger partial charge is 0.264 e. The molecule has 38 heavy (non-hydrogen) atoms. The van der Waals surface area contributed by atoms with Gasteiger partial charge in [0.2, 0.25) is 0 Å². The lowest BCUT2D eigenvalue weighted by Crippen LogP contribution is -2.30. The standard InChI is InChI=1S/C28H24N4O3S3/c1-31(22-9-4-3-5-10-22)38(34,35)23-15-13-21(14-16-23)27(33)32(19-20-8-7-17-29-18-20)28-30-26-24(36-2)11-6-12-25(26)37-28/h3-18H,19H2,1-2H3. The molecule has 0 fully saturated rings. The molecule has 0 unspecified atom stereocenters. The van der Waals surface area contributed by atoms with E-state index in [0.717, 1.165) is 20.7 Å². The molecular weight excluding hydrogens is 537 g/mol. The first-order valence-electron chi connectivity index (χ1n) is 11.7. The fraction of sp³-hybridized carbons (Fsp3) is 0.107. The average Bonchev–Trinajstić information content (AvgIpc) is 3.40. The van der Waals surface area contributed by atoms with E-state index in [1.165, 1.54) is 34.8 Å². The van der Waals surface area contributed by atoms with Crippen molar-refractivity contribution in [2.45, 2.75) is 16.3 Å². The van der Waals surface area contributed by atoms with Crippen LogP contribution in [0.5, 0.6) is 0 Å². The summed E-state index contributed by atoms with van der Waals surface area (Å²) in [6.07, 6.45) is 5.40. The van der Waals surface area contributed by atoms with Gasteiger partial charge >= 0.3 is 0 Å². The van der Waals surface area contributed by atoms with Crippen molar-refractivity contribution in [3.63, 3.8) is 0 Å². The number of carbonyl (C=O) groups excluding carboxylic acids is 1. The highest BCUT2D eigenvalue weighted by Crippen LogP contribution is 2.35. The second kappa shape index (κ2) is 10.9. The van der Waals surface area contributed by atoms with Crippen molar-refractivity contribution in [1.29, 1.82) is 0 Å². The zero-order valence-corrected chi connectivity index (χ0v) is 23.1. The second-order valence-electron chi connectivity index (χ2n) is 8.39. The summed E-state index contributed by atoms with van der Waals surface area (Å²) in [7, 11) is -2.28. The van der Waals surface area contributed by atoms with Crippen LogP contribution in [0.2, 0.25) is 0 Å². The molecule has 2 aromatic heterocycles. The molecule has 192 valence electrons. The zero-order valence-electron chi connectivity index (χ0n) is 20.7. The number of anilines is 2. The number of thiazole rings is 1. The highest BCUT2D eigenvalue weighted by Gasteiger charge is 2.25. The van der Waals surface area contributed by atoms with Gasteiger partial charge in [-0.05, 0) is 66.4 Å². The quantitative estimate of drug-likeness (QED) is 0.214. The molecule has 0 spiro atoms. The summed E-state index contributed by atoms with van der Waals surface area (Å²) in [5, 5.41) is 0.566. The van der Waals surface area contributed by atoms with Crippen LogP contribution in [-0.2, 0) is 16.6 Å². The molecule has 5 aromatic rings. The number of hydrogen-bond acceptors (Lipinski definition) is 7. The first kappa shape index (κ1) is 25.9. The molecule has 0 radical (unpaired) electrons. The minimum atomic E-state index is -3.79. The molecule has 0 aliphatic rings. The van der Waals surface area contributed by atoms with Gasteiger partial charge in [0.15, 0.2) is 5.13 Å². The van der Waals surface area contributed by atoms with Gasteiger partial charge in [0.05, 0.1) is 27.3 Å². The fourth-order valence-corrected chi connectivity index (χ4v) is 6.77. The fourth-order valence-electron chi connectivity index (χ4n) is 3.95. The summed E-state index contributed by atoms with van der Waals surface area (Å²) in [4.78, 5) is 25.6. The molecule has 10 heteroatoms. The average molecular weight is 561 g/mol. The van der Waals surface area contributed by atoms with Crippen molar-refractivity contribution < 1.29 is 13.2 Å². The van der Waals surface area contributed by atoms with Gasteiger partial charge in [-0.25, -0.2) is 13.4 Å². The van der Waals surface area contributed by atoms with E-state index >= 15 is 0 Å². The summed E-state index contributed by atoms with van der Waals surface area (Å²) in [5.41, 5.74) is 2.62. The van der Waals surface area contributed by atoms with E-state index in [9.17, 15) is 13.2 Å². The van der Waals surface area contributed by atoms with Crippen LogP contribution in [0.15, 0.2) is 107 Å². The van der Waals surface area contributed by atoms with Gasteiger partial charge in [-0.1, -0.05) is 41.7 Å². The molecular formula is C28H24N4O3S3. The second-order valence-corrected chi connectivity index (χ2v) is 12.2. The van der Waals surface area contributed by atoms with Gasteiger partial charge in [0.25, 0.3) is 15.9 Å². The van der Waals surface area contributed by atoms with Crippen LogP contribution in [0.4, 0.5) is 10.8 Å². The first-order chi connectivity index (χ1) is 18.4. The van der Waals surface area contributed by atoms with Crippen LogP contribution in [0, 0.1) is 0 Å². The lowest BCUT2D eigenvalue weighted by Gasteiger charge is -2.21. The Labute approximate surface area is 229 Å². The van der Waals surface area contributed by atoms with Crippen LogP contribution < -0.4 is 9.21 Å². The summed E-state index contributed by atoms with van der Waals surface area (Å²) in [6, 6.07) is 24.6. The third-order valence-electron chi connectivity index (χ3n) is 6.01. The van der Waals surface area contributed by atoms with Crippen molar-refractivity contribution in [3.8, 4) is 0 Å². The Balaban J connectivity index is 1.49. The van der Waals surface area contributed by atoms with Crippen LogP contribution in [0.3, 0.4) is 0 Å². The predicted molar refractivity (Wildman–Crippen MR) is 155 cm³/mol. The minimum absolute atomic E-state index is 0.101. The van der Waals surface area contributed by atoms with Gasteiger partial charge in [-0.3, -0.25) is 19.0 Å². The van der Waals surface area contributed by atoms with E-state index in [4.69, 9.17) is 4.98 Å². The van der Waals surface area contributed by atoms with E-state index in [-0.39, 0.29) is 17.3 Å². The number of benzene rings is 3. The number of thioether (sulfide) groups is 1.